The molecule has 4 aliphatic rings. The molecular weight excluding hydrogens is 302 g/mol. The van der Waals surface area contributed by atoms with E-state index >= 15 is 0 Å². The molecule has 0 atom stereocenters. The van der Waals surface area contributed by atoms with E-state index in [1.165, 1.54) is 22.6 Å². The molecule has 2 heteroatoms. The van der Waals surface area contributed by atoms with Crippen molar-refractivity contribution in [1.82, 2.24) is 0 Å². The normalized spacial score (nSPS) is 38.3. The van der Waals surface area contributed by atoms with E-state index in [4.69, 9.17) is 0 Å². The summed E-state index contributed by atoms with van der Waals surface area (Å²) in [5.74, 6) is 0. The minimum Gasteiger partial charge on any atom is -0.0533 e. The molecule has 2 bridgehead atoms. The molecule has 2 aliphatic heterocycles. The third kappa shape index (κ3) is 3.45. The van der Waals surface area contributed by atoms with Crippen molar-refractivity contribution in [2.24, 2.45) is 0 Å². The molecule has 126 valence electrons. The molecule has 0 amide bonds. The molecule has 0 aromatic carbocycles. The van der Waals surface area contributed by atoms with Gasteiger partial charge in [-0.25, -0.2) is 0 Å². The molecule has 0 radical (unpaired) electrons. The Morgan fingerprint density at radius 2 is 0.864 bits per heavy atom. The smallest absolute Gasteiger partial charge is 0.0533 e. The second kappa shape index (κ2) is 7.83. The molecule has 0 aromatic rings. The molecule has 4 fully saturated rings. The monoisotopic (exact) mass is 339 g/mol. The lowest BCUT2D eigenvalue weighted by Crippen LogP contribution is -2.30. The first-order valence-corrected chi connectivity index (χ1v) is 14.6. The van der Waals surface area contributed by atoms with Gasteiger partial charge < -0.3 is 0 Å². The second-order valence-corrected chi connectivity index (χ2v) is 16.5. The van der Waals surface area contributed by atoms with Crippen LogP contribution in [0.5, 0.6) is 0 Å². The van der Waals surface area contributed by atoms with Gasteiger partial charge in [-0.3, -0.25) is 0 Å². The van der Waals surface area contributed by atoms with Crippen LogP contribution in [0.1, 0.15) is 103 Å². The number of hydrogen-bond donors (Lipinski definition) is 0. The Morgan fingerprint density at radius 3 is 1.27 bits per heavy atom. The number of fused-ring (bicyclic) bond motifs is 2. The van der Waals surface area contributed by atoms with E-state index < -0.39 is 0 Å². The highest BCUT2D eigenvalue weighted by atomic mass is 32.1. The highest BCUT2D eigenvalue weighted by molar-refractivity contribution is 8.31. The summed E-state index contributed by atoms with van der Waals surface area (Å²) in [6.45, 7) is 0. The summed E-state index contributed by atoms with van der Waals surface area (Å²) in [6, 6.07) is 0. The first-order valence-electron chi connectivity index (χ1n) is 10.6. The van der Waals surface area contributed by atoms with Gasteiger partial charge in [0, 0.05) is 18.9 Å². The fourth-order valence-corrected chi connectivity index (χ4v) is 21.2. The first kappa shape index (κ1) is 16.3. The van der Waals surface area contributed by atoms with Crippen LogP contribution in [-0.2, 0) is 0 Å². The van der Waals surface area contributed by atoms with Crippen molar-refractivity contribution in [1.29, 1.82) is 0 Å². The van der Waals surface area contributed by atoms with E-state index in [0.717, 1.165) is 0 Å². The highest BCUT2D eigenvalue weighted by Crippen LogP contribution is 2.84. The van der Waals surface area contributed by atoms with E-state index in [0.29, 0.717) is 7.61 Å². The average Bonchev–Trinajstić information content (AvgIpc) is 2.57. The van der Waals surface area contributed by atoms with Gasteiger partial charge in [0.1, 0.15) is 0 Å². The molecule has 0 spiro atoms. The molecule has 22 heavy (non-hydrogen) atoms. The molecule has 2 saturated carbocycles. The van der Waals surface area contributed by atoms with Crippen LogP contribution in [0.25, 0.3) is 0 Å². The Balaban J connectivity index is 1.57. The maximum atomic E-state index is 1.66. The summed E-state index contributed by atoms with van der Waals surface area (Å²) >= 11 is 0. The molecule has 2 heterocycles. The van der Waals surface area contributed by atoms with Crippen LogP contribution in [0.4, 0.5) is 0 Å². The van der Waals surface area contributed by atoms with Gasteiger partial charge in [0.25, 0.3) is 0 Å². The summed E-state index contributed by atoms with van der Waals surface area (Å²) in [4.78, 5) is 0. The van der Waals surface area contributed by atoms with Crippen molar-refractivity contribution in [3.8, 4) is 0 Å². The van der Waals surface area contributed by atoms with Crippen molar-refractivity contribution >= 4 is 15.2 Å². The van der Waals surface area contributed by atoms with Gasteiger partial charge >= 0.3 is 0 Å². The van der Waals surface area contributed by atoms with E-state index in [1.54, 1.807) is 103 Å². The van der Waals surface area contributed by atoms with E-state index in [-0.39, 0.29) is 7.61 Å². The zero-order valence-electron chi connectivity index (χ0n) is 14.6. The van der Waals surface area contributed by atoms with Gasteiger partial charge in [-0.1, -0.05) is 38.5 Å². The van der Waals surface area contributed by atoms with Crippen molar-refractivity contribution in [2.75, 3.05) is 0 Å². The highest BCUT2D eigenvalue weighted by Gasteiger charge is 2.52. The van der Waals surface area contributed by atoms with Crippen LogP contribution in [-0.4, -0.2) is 22.6 Å². The molecular formula is C20H37P2+. The Bertz CT molecular complexity index is 304. The largest absolute Gasteiger partial charge is 0.0700 e. The van der Waals surface area contributed by atoms with Crippen LogP contribution >= 0.6 is 15.2 Å². The molecule has 0 nitrogen and oxygen atoms in total. The van der Waals surface area contributed by atoms with Gasteiger partial charge in [-0.05, 0) is 64.2 Å². The zero-order valence-corrected chi connectivity index (χ0v) is 16.5. The summed E-state index contributed by atoms with van der Waals surface area (Å²) < 4.78 is 0. The molecule has 2 saturated heterocycles. The minimum atomic E-state index is 0.000484. The van der Waals surface area contributed by atoms with Gasteiger partial charge in [0.05, 0.1) is 18.9 Å². The summed E-state index contributed by atoms with van der Waals surface area (Å²) in [6.07, 6.45) is 25.9. The summed E-state index contributed by atoms with van der Waals surface area (Å²) in [5.41, 5.74) is 5.02. The van der Waals surface area contributed by atoms with Crippen molar-refractivity contribution in [2.45, 2.75) is 125 Å². The van der Waals surface area contributed by atoms with Gasteiger partial charge in [0.2, 0.25) is 0 Å². The lowest BCUT2D eigenvalue weighted by atomic mass is 9.99. The summed E-state index contributed by atoms with van der Waals surface area (Å²) in [7, 11) is 0.454. The Kier molecular flexibility index (Phi) is 5.81. The van der Waals surface area contributed by atoms with Gasteiger partial charge in [-0.2, -0.15) is 0 Å². The minimum absolute atomic E-state index is 0.000484. The molecule has 2 aliphatic carbocycles. The number of rotatable bonds is 3. The zero-order chi connectivity index (χ0) is 14.8. The molecule has 0 unspecified atom stereocenters. The fourth-order valence-electron chi connectivity index (χ4n) is 6.29. The number of hydrogen-bond acceptors (Lipinski definition) is 0. The first-order chi connectivity index (χ1) is 10.9. The third-order valence-electron chi connectivity index (χ3n) is 7.28. The van der Waals surface area contributed by atoms with E-state index in [1.807, 2.05) is 0 Å². The SMILES string of the molecule is C1CCC(P(C2CCCCC2)[PH+]2C3CCCC2CCC3)CC1. The standard InChI is InChI=1S/C20H36P2/c1-3-9-17(10-4-1)21(18-11-5-2-6-12-18)22-19-13-7-14-20(22)16-8-15-19/h17-20H,1-16H2/p+1. The molecule has 0 aromatic heterocycles. The van der Waals surface area contributed by atoms with Crippen molar-refractivity contribution < 1.29 is 0 Å². The fraction of sp³-hybridized carbons (Fsp3) is 1.00. The van der Waals surface area contributed by atoms with Crippen LogP contribution in [0.15, 0.2) is 0 Å². The van der Waals surface area contributed by atoms with Crippen LogP contribution in [0, 0.1) is 0 Å². The Hall–Kier alpha value is 0.860. The van der Waals surface area contributed by atoms with Crippen molar-refractivity contribution in [3.05, 3.63) is 0 Å². The topological polar surface area (TPSA) is 0 Å². The predicted octanol–water partition coefficient (Wildman–Crippen LogP) is 7.37. The van der Waals surface area contributed by atoms with Gasteiger partial charge in [0.15, 0.2) is 0 Å². The van der Waals surface area contributed by atoms with Crippen molar-refractivity contribution in [3.63, 3.8) is 0 Å². The van der Waals surface area contributed by atoms with Crippen LogP contribution in [0.2, 0.25) is 0 Å². The third-order valence-corrected chi connectivity index (χ3v) is 19.5. The maximum absolute atomic E-state index is 1.66. The summed E-state index contributed by atoms with van der Waals surface area (Å²) in [5, 5.41) is 0. The maximum Gasteiger partial charge on any atom is 0.0700 e. The lowest BCUT2D eigenvalue weighted by molar-refractivity contribution is 0.473. The van der Waals surface area contributed by atoms with Crippen LogP contribution < -0.4 is 0 Å². The lowest BCUT2D eigenvalue weighted by Gasteiger charge is -2.46. The quantitative estimate of drug-likeness (QED) is 0.471. The van der Waals surface area contributed by atoms with Gasteiger partial charge in [-0.15, -0.1) is 0 Å². The average molecular weight is 339 g/mol. The molecule has 4 rings (SSSR count). The Labute approximate surface area is 141 Å². The molecule has 0 N–H and O–H groups in total. The second-order valence-electron chi connectivity index (χ2n) is 8.67. The van der Waals surface area contributed by atoms with E-state index in [2.05, 4.69) is 0 Å². The van der Waals surface area contributed by atoms with Crippen LogP contribution in [0.3, 0.4) is 0 Å². The van der Waals surface area contributed by atoms with E-state index in [9.17, 15) is 0 Å². The Morgan fingerprint density at radius 1 is 0.455 bits per heavy atom. The predicted molar refractivity (Wildman–Crippen MR) is 104 cm³/mol.